The number of unbranched alkanes of at least 4 members (excludes halogenated alkanes) is 1. The topological polar surface area (TPSA) is 49.3 Å². The molecule has 0 bridgehead atoms. The predicted octanol–water partition coefficient (Wildman–Crippen LogP) is 4.05. The molecule has 0 saturated carbocycles. The summed E-state index contributed by atoms with van der Waals surface area (Å²) in [5, 5.41) is 11.5. The van der Waals surface area contributed by atoms with Crippen LogP contribution in [-0.2, 0) is 4.79 Å². The maximum Gasteiger partial charge on any atom is 0.243 e. The van der Waals surface area contributed by atoms with E-state index in [1.54, 1.807) is 17.8 Å². The second kappa shape index (κ2) is 9.96. The van der Waals surface area contributed by atoms with Crippen LogP contribution in [-0.4, -0.2) is 24.2 Å². The monoisotopic (exact) mass is 341 g/mol. The molecule has 0 aliphatic carbocycles. The molecule has 0 aromatic heterocycles. The Bertz CT molecular complexity index is 680. The van der Waals surface area contributed by atoms with Gasteiger partial charge in [0, 0.05) is 29.0 Å². The number of rotatable bonds is 8. The van der Waals surface area contributed by atoms with Crippen LogP contribution in [0.3, 0.4) is 0 Å². The molecule has 0 radical (unpaired) electrons. The van der Waals surface area contributed by atoms with Crippen LogP contribution in [0.25, 0.3) is 6.08 Å². The van der Waals surface area contributed by atoms with Crippen molar-refractivity contribution in [3.63, 3.8) is 0 Å². The molecule has 0 saturated heterocycles. The SMILES string of the molecule is Cc1ccc(Sc2ccccc2/C=C/C(=O)NCCCCO)cc1. The van der Waals surface area contributed by atoms with Gasteiger partial charge >= 0.3 is 0 Å². The third-order valence-corrected chi connectivity index (χ3v) is 4.57. The third kappa shape index (κ3) is 6.22. The van der Waals surface area contributed by atoms with Crippen molar-refractivity contribution in [1.29, 1.82) is 0 Å². The summed E-state index contributed by atoms with van der Waals surface area (Å²) in [5.41, 5.74) is 2.26. The second-order valence-electron chi connectivity index (χ2n) is 5.51. The molecule has 24 heavy (non-hydrogen) atoms. The van der Waals surface area contributed by atoms with Crippen LogP contribution < -0.4 is 5.32 Å². The van der Waals surface area contributed by atoms with E-state index in [9.17, 15) is 4.79 Å². The van der Waals surface area contributed by atoms with E-state index in [-0.39, 0.29) is 12.5 Å². The van der Waals surface area contributed by atoms with E-state index in [0.29, 0.717) is 13.0 Å². The number of benzene rings is 2. The van der Waals surface area contributed by atoms with Crippen LogP contribution in [0.4, 0.5) is 0 Å². The Morgan fingerprint density at radius 2 is 1.88 bits per heavy atom. The van der Waals surface area contributed by atoms with Gasteiger partial charge < -0.3 is 10.4 Å². The van der Waals surface area contributed by atoms with E-state index in [1.165, 1.54) is 10.5 Å². The van der Waals surface area contributed by atoms with Crippen LogP contribution in [0.5, 0.6) is 0 Å². The molecule has 1 amide bonds. The molecule has 0 spiro atoms. The van der Waals surface area contributed by atoms with Crippen LogP contribution >= 0.6 is 11.8 Å². The van der Waals surface area contributed by atoms with Crippen molar-refractivity contribution in [3.05, 3.63) is 65.7 Å². The van der Waals surface area contributed by atoms with Gasteiger partial charge in [-0.25, -0.2) is 0 Å². The van der Waals surface area contributed by atoms with Crippen molar-refractivity contribution < 1.29 is 9.90 Å². The highest BCUT2D eigenvalue weighted by atomic mass is 32.2. The number of aliphatic hydroxyl groups is 1. The summed E-state index contributed by atoms with van der Waals surface area (Å²) in [5.74, 6) is -0.108. The highest BCUT2D eigenvalue weighted by Crippen LogP contribution is 2.31. The summed E-state index contributed by atoms with van der Waals surface area (Å²) in [4.78, 5) is 14.1. The van der Waals surface area contributed by atoms with E-state index in [0.717, 1.165) is 16.9 Å². The normalized spacial score (nSPS) is 10.9. The smallest absolute Gasteiger partial charge is 0.243 e. The summed E-state index contributed by atoms with van der Waals surface area (Å²) in [6, 6.07) is 16.4. The molecule has 2 aromatic carbocycles. The van der Waals surface area contributed by atoms with Gasteiger partial charge in [-0.05, 0) is 49.6 Å². The lowest BCUT2D eigenvalue weighted by Crippen LogP contribution is -2.22. The Hall–Kier alpha value is -2.04. The number of amides is 1. The van der Waals surface area contributed by atoms with Gasteiger partial charge in [0.05, 0.1) is 0 Å². The fourth-order valence-electron chi connectivity index (χ4n) is 2.12. The van der Waals surface area contributed by atoms with Gasteiger partial charge in [0.25, 0.3) is 0 Å². The zero-order chi connectivity index (χ0) is 17.2. The van der Waals surface area contributed by atoms with E-state index >= 15 is 0 Å². The Balaban J connectivity index is 1.99. The lowest BCUT2D eigenvalue weighted by Gasteiger charge is -2.06. The molecule has 2 aromatic rings. The number of hydrogen-bond acceptors (Lipinski definition) is 3. The zero-order valence-electron chi connectivity index (χ0n) is 13.9. The molecule has 2 rings (SSSR count). The van der Waals surface area contributed by atoms with Crippen LogP contribution in [0.1, 0.15) is 24.0 Å². The summed E-state index contributed by atoms with van der Waals surface area (Å²) in [7, 11) is 0. The summed E-state index contributed by atoms with van der Waals surface area (Å²) in [6.07, 6.45) is 4.90. The van der Waals surface area contributed by atoms with E-state index < -0.39 is 0 Å². The molecule has 0 aliphatic rings. The van der Waals surface area contributed by atoms with Crippen LogP contribution in [0, 0.1) is 6.92 Å². The van der Waals surface area contributed by atoms with Crippen LogP contribution in [0.2, 0.25) is 0 Å². The minimum atomic E-state index is -0.108. The molecule has 0 aliphatic heterocycles. The summed E-state index contributed by atoms with van der Waals surface area (Å²) >= 11 is 1.69. The lowest BCUT2D eigenvalue weighted by atomic mass is 10.2. The molecule has 0 fully saturated rings. The number of carbonyl (C=O) groups is 1. The number of carbonyl (C=O) groups excluding carboxylic acids is 1. The maximum absolute atomic E-state index is 11.8. The second-order valence-corrected chi connectivity index (χ2v) is 6.62. The Morgan fingerprint density at radius 3 is 2.62 bits per heavy atom. The standard InChI is InChI=1S/C20H23NO2S/c1-16-8-11-18(12-9-16)24-19-7-3-2-6-17(19)10-13-20(23)21-14-4-5-15-22/h2-3,6-13,22H,4-5,14-15H2,1H3,(H,21,23)/b13-10+. The van der Waals surface area contributed by atoms with Crippen molar-refractivity contribution in [2.24, 2.45) is 0 Å². The quantitative estimate of drug-likeness (QED) is 0.562. The minimum Gasteiger partial charge on any atom is -0.396 e. The van der Waals surface area contributed by atoms with E-state index in [4.69, 9.17) is 5.11 Å². The van der Waals surface area contributed by atoms with E-state index in [2.05, 4.69) is 42.6 Å². The van der Waals surface area contributed by atoms with Gasteiger partial charge in [0.15, 0.2) is 0 Å². The molecular formula is C20H23NO2S. The number of nitrogens with one attached hydrogen (secondary N) is 1. The van der Waals surface area contributed by atoms with Gasteiger partial charge in [-0.1, -0.05) is 47.7 Å². The largest absolute Gasteiger partial charge is 0.396 e. The molecule has 3 nitrogen and oxygen atoms in total. The molecule has 126 valence electrons. The van der Waals surface area contributed by atoms with Gasteiger partial charge in [0.1, 0.15) is 0 Å². The molecule has 0 atom stereocenters. The number of hydrogen-bond donors (Lipinski definition) is 2. The molecule has 2 N–H and O–H groups in total. The van der Waals surface area contributed by atoms with Crippen molar-refractivity contribution in [3.8, 4) is 0 Å². The lowest BCUT2D eigenvalue weighted by molar-refractivity contribution is -0.116. The fraction of sp³-hybridized carbons (Fsp3) is 0.250. The van der Waals surface area contributed by atoms with Crippen molar-refractivity contribution in [2.75, 3.05) is 13.2 Å². The molecule has 4 heteroatoms. The Labute approximate surface area is 147 Å². The molecule has 0 heterocycles. The first-order valence-corrected chi connectivity index (χ1v) is 8.91. The molecule has 0 unspecified atom stereocenters. The molecular weight excluding hydrogens is 318 g/mol. The average molecular weight is 341 g/mol. The van der Waals surface area contributed by atoms with Crippen molar-refractivity contribution >= 4 is 23.7 Å². The predicted molar refractivity (Wildman–Crippen MR) is 100 cm³/mol. The first-order valence-electron chi connectivity index (χ1n) is 8.09. The van der Waals surface area contributed by atoms with Gasteiger partial charge in [-0.3, -0.25) is 4.79 Å². The number of aliphatic hydroxyl groups excluding tert-OH is 1. The first kappa shape index (κ1) is 18.3. The highest BCUT2D eigenvalue weighted by Gasteiger charge is 2.02. The van der Waals surface area contributed by atoms with Gasteiger partial charge in [-0.15, -0.1) is 0 Å². The highest BCUT2D eigenvalue weighted by molar-refractivity contribution is 7.99. The fourth-order valence-corrected chi connectivity index (χ4v) is 3.04. The van der Waals surface area contributed by atoms with Crippen LogP contribution in [0.15, 0.2) is 64.4 Å². The van der Waals surface area contributed by atoms with E-state index in [1.807, 2.05) is 24.3 Å². The zero-order valence-corrected chi connectivity index (χ0v) is 14.7. The van der Waals surface area contributed by atoms with Crippen molar-refractivity contribution in [2.45, 2.75) is 29.6 Å². The minimum absolute atomic E-state index is 0.108. The maximum atomic E-state index is 11.8. The van der Waals surface area contributed by atoms with Gasteiger partial charge in [0.2, 0.25) is 5.91 Å². The third-order valence-electron chi connectivity index (χ3n) is 3.47. The van der Waals surface area contributed by atoms with Crippen molar-refractivity contribution in [1.82, 2.24) is 5.32 Å². The average Bonchev–Trinajstić information content (AvgIpc) is 2.60. The summed E-state index contributed by atoms with van der Waals surface area (Å²) < 4.78 is 0. The van der Waals surface area contributed by atoms with Gasteiger partial charge in [-0.2, -0.15) is 0 Å². The Kier molecular flexibility index (Phi) is 7.59. The Morgan fingerprint density at radius 1 is 1.12 bits per heavy atom. The summed E-state index contributed by atoms with van der Waals surface area (Å²) in [6.45, 7) is 2.82. The number of aryl methyl sites for hydroxylation is 1. The first-order chi connectivity index (χ1) is 11.7.